The van der Waals surface area contributed by atoms with E-state index in [-0.39, 0.29) is 0 Å². The van der Waals surface area contributed by atoms with Crippen molar-refractivity contribution in [2.45, 2.75) is 72.4 Å². The van der Waals surface area contributed by atoms with Gasteiger partial charge in [0.05, 0.1) is 0 Å². The van der Waals surface area contributed by atoms with Gasteiger partial charge in [0.15, 0.2) is 0 Å². The molecule has 0 aromatic carbocycles. The Balaban J connectivity index is 1.99. The Labute approximate surface area is 120 Å². The van der Waals surface area contributed by atoms with Crippen LogP contribution in [0.1, 0.15) is 60.3 Å². The first-order valence-corrected chi connectivity index (χ1v) is 8.35. The van der Waals surface area contributed by atoms with Gasteiger partial charge in [-0.25, -0.2) is 0 Å². The molecule has 2 rings (SSSR count). The number of rotatable bonds is 3. The summed E-state index contributed by atoms with van der Waals surface area (Å²) in [6.07, 6.45) is 5.86. The van der Waals surface area contributed by atoms with Gasteiger partial charge in [0, 0.05) is 31.7 Å². The first-order valence-electron chi connectivity index (χ1n) is 8.35. The highest BCUT2D eigenvalue weighted by molar-refractivity contribution is 4.93. The summed E-state index contributed by atoms with van der Waals surface area (Å²) in [4.78, 5) is 2.81. The Morgan fingerprint density at radius 1 is 1.16 bits per heavy atom. The molecule has 19 heavy (non-hydrogen) atoms. The van der Waals surface area contributed by atoms with E-state index in [0.717, 1.165) is 17.9 Å². The summed E-state index contributed by atoms with van der Waals surface area (Å²) < 4.78 is 0. The van der Waals surface area contributed by atoms with Crippen LogP contribution in [-0.4, -0.2) is 36.6 Å². The average Bonchev–Trinajstić information content (AvgIpc) is 2.80. The SMILES string of the molecule is CC(C)C1CNC(C(C)(C)C)CN1CC1CCCC1. The maximum Gasteiger partial charge on any atom is 0.0244 e. The van der Waals surface area contributed by atoms with Crippen LogP contribution in [-0.2, 0) is 0 Å². The van der Waals surface area contributed by atoms with E-state index in [0.29, 0.717) is 11.5 Å². The molecule has 112 valence electrons. The lowest BCUT2D eigenvalue weighted by molar-refractivity contribution is 0.0513. The van der Waals surface area contributed by atoms with Gasteiger partial charge in [0.2, 0.25) is 0 Å². The predicted molar refractivity (Wildman–Crippen MR) is 83.4 cm³/mol. The summed E-state index contributed by atoms with van der Waals surface area (Å²) in [5.74, 6) is 1.73. The van der Waals surface area contributed by atoms with Crippen molar-refractivity contribution in [3.05, 3.63) is 0 Å². The van der Waals surface area contributed by atoms with Gasteiger partial charge in [0.1, 0.15) is 0 Å². The quantitative estimate of drug-likeness (QED) is 0.841. The van der Waals surface area contributed by atoms with Crippen LogP contribution in [0.3, 0.4) is 0 Å². The molecule has 0 aromatic rings. The van der Waals surface area contributed by atoms with Crippen LogP contribution in [0.25, 0.3) is 0 Å². The molecule has 1 saturated heterocycles. The number of nitrogens with one attached hydrogen (secondary N) is 1. The third kappa shape index (κ3) is 3.95. The van der Waals surface area contributed by atoms with E-state index < -0.39 is 0 Å². The highest BCUT2D eigenvalue weighted by Crippen LogP contribution is 2.30. The third-order valence-corrected chi connectivity index (χ3v) is 5.24. The molecular weight excluding hydrogens is 232 g/mol. The molecule has 0 spiro atoms. The van der Waals surface area contributed by atoms with Gasteiger partial charge < -0.3 is 5.32 Å². The van der Waals surface area contributed by atoms with E-state index in [2.05, 4.69) is 44.8 Å². The molecule has 2 nitrogen and oxygen atoms in total. The maximum atomic E-state index is 3.80. The molecule has 2 unspecified atom stereocenters. The lowest BCUT2D eigenvalue weighted by atomic mass is 9.83. The largest absolute Gasteiger partial charge is 0.311 e. The Morgan fingerprint density at radius 2 is 1.79 bits per heavy atom. The molecule has 1 N–H and O–H groups in total. The molecule has 0 bridgehead atoms. The van der Waals surface area contributed by atoms with Crippen LogP contribution in [0.5, 0.6) is 0 Å². The second-order valence-electron chi connectivity index (χ2n) is 8.24. The zero-order valence-electron chi connectivity index (χ0n) is 13.7. The lowest BCUT2D eigenvalue weighted by Crippen LogP contribution is -2.62. The predicted octanol–water partition coefficient (Wildman–Crippen LogP) is 3.52. The van der Waals surface area contributed by atoms with Crippen molar-refractivity contribution in [1.82, 2.24) is 10.2 Å². The highest BCUT2D eigenvalue weighted by atomic mass is 15.2. The van der Waals surface area contributed by atoms with Gasteiger partial charge in [-0.05, 0) is 30.1 Å². The van der Waals surface area contributed by atoms with E-state index in [9.17, 15) is 0 Å². The number of piperazine rings is 1. The van der Waals surface area contributed by atoms with Crippen molar-refractivity contribution in [2.75, 3.05) is 19.6 Å². The van der Waals surface area contributed by atoms with Crippen LogP contribution in [0, 0.1) is 17.3 Å². The minimum atomic E-state index is 0.371. The third-order valence-electron chi connectivity index (χ3n) is 5.24. The monoisotopic (exact) mass is 266 g/mol. The molecule has 1 saturated carbocycles. The smallest absolute Gasteiger partial charge is 0.0244 e. The summed E-state index contributed by atoms with van der Waals surface area (Å²) >= 11 is 0. The van der Waals surface area contributed by atoms with E-state index in [1.807, 2.05) is 0 Å². The molecule has 2 fully saturated rings. The average molecular weight is 266 g/mol. The van der Waals surface area contributed by atoms with Gasteiger partial charge in [-0.3, -0.25) is 4.90 Å². The minimum absolute atomic E-state index is 0.371. The summed E-state index contributed by atoms with van der Waals surface area (Å²) in [6.45, 7) is 15.6. The Kier molecular flexibility index (Phi) is 4.94. The maximum absolute atomic E-state index is 3.80. The molecule has 1 aliphatic heterocycles. The normalized spacial score (nSPS) is 31.3. The van der Waals surface area contributed by atoms with Crippen molar-refractivity contribution in [3.63, 3.8) is 0 Å². The van der Waals surface area contributed by atoms with Crippen LogP contribution >= 0.6 is 0 Å². The fourth-order valence-electron chi connectivity index (χ4n) is 3.80. The first-order chi connectivity index (χ1) is 8.88. The molecule has 1 aliphatic carbocycles. The Bertz CT molecular complexity index is 273. The van der Waals surface area contributed by atoms with E-state index in [1.54, 1.807) is 0 Å². The van der Waals surface area contributed by atoms with E-state index in [1.165, 1.54) is 45.3 Å². The van der Waals surface area contributed by atoms with Gasteiger partial charge >= 0.3 is 0 Å². The molecule has 1 heterocycles. The van der Waals surface area contributed by atoms with E-state index >= 15 is 0 Å². The zero-order chi connectivity index (χ0) is 14.0. The van der Waals surface area contributed by atoms with Crippen LogP contribution < -0.4 is 5.32 Å². The number of hydrogen-bond donors (Lipinski definition) is 1. The first kappa shape index (κ1) is 15.3. The fourth-order valence-corrected chi connectivity index (χ4v) is 3.80. The second kappa shape index (κ2) is 6.13. The second-order valence-corrected chi connectivity index (χ2v) is 8.24. The van der Waals surface area contributed by atoms with Gasteiger partial charge in [-0.1, -0.05) is 47.5 Å². The molecular formula is C17H34N2. The minimum Gasteiger partial charge on any atom is -0.311 e. The number of nitrogens with zero attached hydrogens (tertiary/aromatic N) is 1. The van der Waals surface area contributed by atoms with E-state index in [4.69, 9.17) is 0 Å². The molecule has 0 aromatic heterocycles. The molecule has 2 aliphatic rings. The van der Waals surface area contributed by atoms with Gasteiger partial charge in [0.25, 0.3) is 0 Å². The fraction of sp³-hybridized carbons (Fsp3) is 1.00. The van der Waals surface area contributed by atoms with Crippen LogP contribution in [0.2, 0.25) is 0 Å². The standard InChI is InChI=1S/C17H34N2/c1-13(2)15-10-18-16(17(3,4)5)12-19(15)11-14-8-6-7-9-14/h13-16,18H,6-12H2,1-5H3. The van der Waals surface area contributed by atoms with Crippen molar-refractivity contribution >= 4 is 0 Å². The van der Waals surface area contributed by atoms with Gasteiger partial charge in [-0.15, -0.1) is 0 Å². The molecule has 2 atom stereocenters. The van der Waals surface area contributed by atoms with Crippen LogP contribution in [0.15, 0.2) is 0 Å². The zero-order valence-corrected chi connectivity index (χ0v) is 13.7. The van der Waals surface area contributed by atoms with Crippen molar-refractivity contribution in [1.29, 1.82) is 0 Å². The molecule has 0 radical (unpaired) electrons. The topological polar surface area (TPSA) is 15.3 Å². The molecule has 2 heteroatoms. The Morgan fingerprint density at radius 3 is 2.32 bits per heavy atom. The van der Waals surface area contributed by atoms with Gasteiger partial charge in [-0.2, -0.15) is 0 Å². The number of hydrogen-bond acceptors (Lipinski definition) is 2. The van der Waals surface area contributed by atoms with Crippen LogP contribution in [0.4, 0.5) is 0 Å². The summed E-state index contributed by atoms with van der Waals surface area (Å²) in [5, 5.41) is 3.80. The Hall–Kier alpha value is -0.0800. The van der Waals surface area contributed by atoms with Crippen molar-refractivity contribution in [2.24, 2.45) is 17.3 Å². The van der Waals surface area contributed by atoms with Crippen molar-refractivity contribution in [3.8, 4) is 0 Å². The summed E-state index contributed by atoms with van der Waals surface area (Å²) in [7, 11) is 0. The lowest BCUT2D eigenvalue weighted by Gasteiger charge is -2.47. The van der Waals surface area contributed by atoms with Crippen molar-refractivity contribution < 1.29 is 0 Å². The summed E-state index contributed by atoms with van der Waals surface area (Å²) in [6, 6.07) is 1.38. The highest BCUT2D eigenvalue weighted by Gasteiger charge is 2.36. The summed E-state index contributed by atoms with van der Waals surface area (Å²) in [5.41, 5.74) is 0.371. The molecule has 0 amide bonds.